The minimum atomic E-state index is -2.07. The van der Waals surface area contributed by atoms with Crippen molar-refractivity contribution >= 4 is 8.32 Å². The molecule has 1 saturated heterocycles. The Morgan fingerprint density at radius 3 is 2.26 bits per heavy atom. The van der Waals surface area contributed by atoms with E-state index in [4.69, 9.17) is 23.1 Å². The Morgan fingerprint density at radius 1 is 1.09 bits per heavy atom. The Kier molecular flexibility index (Phi) is 14.1. The highest BCUT2D eigenvalue weighted by atomic mass is 28.4. The number of aliphatic hydroxyl groups excluding tert-OH is 2. The van der Waals surface area contributed by atoms with Gasteiger partial charge in [0.25, 0.3) is 0 Å². The summed E-state index contributed by atoms with van der Waals surface area (Å²) in [5.41, 5.74) is 0.510. The van der Waals surface area contributed by atoms with E-state index in [9.17, 15) is 10.2 Å². The highest BCUT2D eigenvalue weighted by molar-refractivity contribution is 6.74. The van der Waals surface area contributed by atoms with Gasteiger partial charge in [-0.25, -0.2) is 4.98 Å². The molecule has 2 heterocycles. The molecule has 1 aliphatic rings. The predicted molar refractivity (Wildman–Crippen MR) is 174 cm³/mol. The van der Waals surface area contributed by atoms with Crippen molar-refractivity contribution in [3.8, 4) is 0 Å². The van der Waals surface area contributed by atoms with Crippen molar-refractivity contribution in [2.24, 2.45) is 11.8 Å². The van der Waals surface area contributed by atoms with Gasteiger partial charge in [-0.3, -0.25) is 0 Å². The summed E-state index contributed by atoms with van der Waals surface area (Å²) in [6.45, 7) is 23.1. The molecule has 0 radical (unpaired) electrons. The molecule has 2 rings (SSSR count). The number of oxazole rings is 1. The van der Waals surface area contributed by atoms with Gasteiger partial charge < -0.3 is 33.3 Å². The third kappa shape index (κ3) is 11.4. The molecule has 9 heteroatoms. The first-order chi connectivity index (χ1) is 19.9. The molecule has 1 aromatic heterocycles. The number of aliphatic hydroxyl groups is 2. The molecule has 0 bridgehead atoms. The quantitative estimate of drug-likeness (QED) is 0.155. The number of hydrogen-bond acceptors (Lipinski definition) is 8. The molecule has 1 fully saturated rings. The predicted octanol–water partition coefficient (Wildman–Crippen LogP) is 7.30. The van der Waals surface area contributed by atoms with E-state index in [-0.39, 0.29) is 53.8 Å². The second-order valence-corrected chi connectivity index (χ2v) is 18.9. The second kappa shape index (κ2) is 16.1. The molecule has 0 saturated carbocycles. The second-order valence-electron chi connectivity index (χ2n) is 14.1. The largest absolute Gasteiger partial charge is 0.448 e. The number of rotatable bonds is 15. The first-order valence-corrected chi connectivity index (χ1v) is 18.6. The van der Waals surface area contributed by atoms with Crippen LogP contribution in [0.25, 0.3) is 0 Å². The van der Waals surface area contributed by atoms with E-state index >= 15 is 0 Å². The molecule has 1 aromatic rings. The zero-order valence-corrected chi connectivity index (χ0v) is 29.7. The van der Waals surface area contributed by atoms with Gasteiger partial charge in [-0.1, -0.05) is 78.0 Å². The number of methoxy groups -OCH3 is 1. The maximum atomic E-state index is 11.0. The molecule has 8 nitrogen and oxygen atoms in total. The van der Waals surface area contributed by atoms with Crippen LogP contribution >= 0.6 is 0 Å². The number of aromatic nitrogens is 1. The molecule has 0 spiro atoms. The Labute approximate surface area is 261 Å². The van der Waals surface area contributed by atoms with E-state index in [2.05, 4.69) is 58.8 Å². The van der Waals surface area contributed by atoms with Crippen LogP contribution in [-0.4, -0.2) is 66.9 Å². The van der Waals surface area contributed by atoms with Crippen LogP contribution in [0.3, 0.4) is 0 Å². The lowest BCUT2D eigenvalue weighted by atomic mass is 9.86. The lowest BCUT2D eigenvalue weighted by molar-refractivity contribution is -0.308. The van der Waals surface area contributed by atoms with Gasteiger partial charge in [0.05, 0.1) is 43.0 Å². The summed E-state index contributed by atoms with van der Waals surface area (Å²) >= 11 is 0. The summed E-state index contributed by atoms with van der Waals surface area (Å²) < 4.78 is 30.3. The van der Waals surface area contributed by atoms with Gasteiger partial charge in [0, 0.05) is 31.8 Å². The summed E-state index contributed by atoms with van der Waals surface area (Å²) in [6, 6.07) is 0. The number of nitrogens with zero attached hydrogens (tertiary/aromatic N) is 1. The summed E-state index contributed by atoms with van der Waals surface area (Å²) in [7, 11) is -0.372. The van der Waals surface area contributed by atoms with Crippen molar-refractivity contribution in [2.75, 3.05) is 7.11 Å². The molecule has 43 heavy (non-hydrogen) atoms. The monoisotopic (exact) mass is 621 g/mol. The fourth-order valence-electron chi connectivity index (χ4n) is 5.21. The third-order valence-corrected chi connectivity index (χ3v) is 13.4. The van der Waals surface area contributed by atoms with Crippen molar-refractivity contribution in [3.63, 3.8) is 0 Å². The molecule has 0 aromatic carbocycles. The van der Waals surface area contributed by atoms with Crippen LogP contribution in [-0.2, 0) is 25.2 Å². The van der Waals surface area contributed by atoms with Crippen LogP contribution in [0.2, 0.25) is 18.1 Å². The van der Waals surface area contributed by atoms with Gasteiger partial charge in [0.15, 0.2) is 20.0 Å². The van der Waals surface area contributed by atoms with E-state index in [1.807, 2.05) is 58.1 Å². The smallest absolute Gasteiger partial charge is 0.199 e. The van der Waals surface area contributed by atoms with Crippen LogP contribution < -0.4 is 0 Å². The highest BCUT2D eigenvalue weighted by Gasteiger charge is 2.40. The van der Waals surface area contributed by atoms with Crippen LogP contribution in [0.4, 0.5) is 0 Å². The average molecular weight is 622 g/mol. The molecule has 8 atom stereocenters. The van der Waals surface area contributed by atoms with Crippen molar-refractivity contribution in [1.82, 2.24) is 4.98 Å². The van der Waals surface area contributed by atoms with Gasteiger partial charge in [0.1, 0.15) is 12.0 Å². The minimum absolute atomic E-state index is 0.0230. The fraction of sp³-hybridized carbons (Fsp3) is 0.735. The minimum Gasteiger partial charge on any atom is -0.448 e. The van der Waals surface area contributed by atoms with E-state index in [1.54, 1.807) is 7.11 Å². The molecular weight excluding hydrogens is 562 g/mol. The molecule has 0 aliphatic carbocycles. The highest BCUT2D eigenvalue weighted by Crippen LogP contribution is 2.38. The van der Waals surface area contributed by atoms with Gasteiger partial charge >= 0.3 is 0 Å². The summed E-state index contributed by atoms with van der Waals surface area (Å²) in [6.07, 6.45) is 14.1. The first-order valence-electron chi connectivity index (χ1n) is 15.7. The number of hydrogen-bond donors (Lipinski definition) is 2. The zero-order chi connectivity index (χ0) is 32.6. The van der Waals surface area contributed by atoms with Gasteiger partial charge in [-0.15, -0.1) is 0 Å². The van der Waals surface area contributed by atoms with Gasteiger partial charge in [0.2, 0.25) is 0 Å². The first kappa shape index (κ1) is 37.6. The zero-order valence-electron chi connectivity index (χ0n) is 28.7. The van der Waals surface area contributed by atoms with E-state index in [0.717, 1.165) is 6.42 Å². The van der Waals surface area contributed by atoms with Crippen LogP contribution in [0, 0.1) is 11.8 Å². The van der Waals surface area contributed by atoms with Crippen molar-refractivity contribution < 1.29 is 33.3 Å². The average Bonchev–Trinajstić information content (AvgIpc) is 3.39. The molecular formula is C34H59NO7Si. The third-order valence-electron chi connectivity index (χ3n) is 8.92. The maximum absolute atomic E-state index is 11.0. The lowest BCUT2D eigenvalue weighted by Crippen LogP contribution is -2.48. The topological polar surface area (TPSA) is 103 Å². The van der Waals surface area contributed by atoms with Gasteiger partial charge in [-0.05, 0) is 38.9 Å². The number of allylic oxidation sites excluding steroid dienone is 4. The van der Waals surface area contributed by atoms with E-state index < -0.39 is 20.2 Å². The summed E-state index contributed by atoms with van der Waals surface area (Å²) in [4.78, 5) is 4.39. The Balaban J connectivity index is 2.08. The Bertz CT molecular complexity index is 1060. The summed E-state index contributed by atoms with van der Waals surface area (Å²) in [5, 5.41) is 20.5. The Hall–Kier alpha value is -1.59. The lowest BCUT2D eigenvalue weighted by Gasteiger charge is -2.43. The van der Waals surface area contributed by atoms with E-state index in [0.29, 0.717) is 18.0 Å². The van der Waals surface area contributed by atoms with Gasteiger partial charge in [-0.2, -0.15) is 0 Å². The maximum Gasteiger partial charge on any atom is 0.199 e. The van der Waals surface area contributed by atoms with Crippen molar-refractivity contribution in [1.29, 1.82) is 0 Å². The SMILES string of the molecule is CO[C@H](C[C@H](/C=C/C=C/C=C\[C@H](C)[C@H](O)[C@@H](C)[C@@H]1C[C@@H](C)OC(C)(C)O1)O[Si](C)(C)C(C)(C)C)[C@@H](C)c1nc(CO)co1. The Morgan fingerprint density at radius 2 is 1.72 bits per heavy atom. The number of ether oxygens (including phenoxy) is 3. The standard InChI is InChI=1S/C34H59NO7Si/c1-23(31(37)25(3)30-19-24(2)40-34(8,9)41-30)17-15-13-14-16-18-28(42-43(11,12)33(5,6)7)20-29(38-10)26(4)32-35-27(21-36)22-39-32/h13-18,22-26,28-31,36-37H,19-21H2,1-12H3/b14-13+,17-15-,18-16+/t23-,24+,25-,26+,28-,29+,30-,31-/m0/s1. The molecule has 246 valence electrons. The van der Waals surface area contributed by atoms with E-state index in [1.165, 1.54) is 6.26 Å². The van der Waals surface area contributed by atoms with Crippen LogP contribution in [0.1, 0.15) is 92.7 Å². The molecule has 1 aliphatic heterocycles. The summed E-state index contributed by atoms with van der Waals surface area (Å²) in [5.74, 6) is -0.266. The molecule has 0 amide bonds. The van der Waals surface area contributed by atoms with Crippen molar-refractivity contribution in [2.45, 2.75) is 142 Å². The molecule has 0 unspecified atom stereocenters. The normalized spacial score (nSPS) is 24.4. The van der Waals surface area contributed by atoms with Crippen LogP contribution in [0.15, 0.2) is 47.1 Å². The fourth-order valence-corrected chi connectivity index (χ4v) is 6.49. The molecule has 2 N–H and O–H groups in total. The van der Waals surface area contributed by atoms with Crippen molar-refractivity contribution in [3.05, 3.63) is 54.3 Å². The van der Waals surface area contributed by atoms with Crippen LogP contribution in [0.5, 0.6) is 0 Å².